The first-order valence-electron chi connectivity index (χ1n) is 8.17. The summed E-state index contributed by atoms with van der Waals surface area (Å²) in [5, 5.41) is 3.00. The van der Waals surface area contributed by atoms with Crippen LogP contribution in [0.3, 0.4) is 0 Å². The lowest BCUT2D eigenvalue weighted by molar-refractivity contribution is -0.117. The molecule has 0 saturated carbocycles. The van der Waals surface area contributed by atoms with Crippen molar-refractivity contribution in [2.45, 2.75) is 32.6 Å². The maximum Gasteiger partial charge on any atom is 0.225 e. The van der Waals surface area contributed by atoms with Gasteiger partial charge >= 0.3 is 0 Å². The summed E-state index contributed by atoms with van der Waals surface area (Å²) in [5.74, 6) is 0.0197. The number of nitrogens with zero attached hydrogens (tertiary/aromatic N) is 2. The number of nitrogens with one attached hydrogen (secondary N) is 1. The average molecular weight is 380 g/mol. The number of rotatable bonds is 4. The first-order valence-corrected chi connectivity index (χ1v) is 8.96. The lowest BCUT2D eigenvalue weighted by Gasteiger charge is -2.20. The number of carbonyl (C=O) groups excluding carboxylic acids is 2. The van der Waals surface area contributed by atoms with E-state index in [2.05, 4.69) is 26.1 Å². The summed E-state index contributed by atoms with van der Waals surface area (Å²) in [4.78, 5) is 28.2. The Bertz CT molecular complexity index is 627. The SMILES string of the molecule is CC(=O)N1CCc2cc(Br)cc(NC(=O)CCN3CCCC3)c21. The van der Waals surface area contributed by atoms with Gasteiger partial charge in [-0.25, -0.2) is 0 Å². The number of anilines is 2. The molecule has 2 aliphatic rings. The Morgan fingerprint density at radius 2 is 1.96 bits per heavy atom. The molecule has 0 bridgehead atoms. The van der Waals surface area contributed by atoms with E-state index in [0.717, 1.165) is 47.5 Å². The molecule has 6 heteroatoms. The molecule has 1 aromatic carbocycles. The zero-order valence-corrected chi connectivity index (χ0v) is 15.0. The number of hydrogen-bond acceptors (Lipinski definition) is 3. The Morgan fingerprint density at radius 1 is 1.22 bits per heavy atom. The number of fused-ring (bicyclic) bond motifs is 1. The lowest BCUT2D eigenvalue weighted by Crippen LogP contribution is -2.28. The van der Waals surface area contributed by atoms with Crippen LogP contribution in [0, 0.1) is 0 Å². The van der Waals surface area contributed by atoms with Crippen LogP contribution in [0.5, 0.6) is 0 Å². The summed E-state index contributed by atoms with van der Waals surface area (Å²) in [5.41, 5.74) is 2.69. The number of amides is 2. The normalized spacial score (nSPS) is 17.4. The molecule has 0 aliphatic carbocycles. The van der Waals surface area contributed by atoms with Crippen molar-refractivity contribution in [3.8, 4) is 0 Å². The Kier molecular flexibility index (Phi) is 5.02. The molecule has 0 aromatic heterocycles. The van der Waals surface area contributed by atoms with Crippen LogP contribution in [-0.2, 0) is 16.0 Å². The van der Waals surface area contributed by atoms with Crippen molar-refractivity contribution < 1.29 is 9.59 Å². The molecule has 124 valence electrons. The number of hydrogen-bond donors (Lipinski definition) is 1. The van der Waals surface area contributed by atoms with Crippen LogP contribution in [-0.4, -0.2) is 42.9 Å². The summed E-state index contributed by atoms with van der Waals surface area (Å²) in [6.45, 7) is 5.24. The highest BCUT2D eigenvalue weighted by Crippen LogP contribution is 2.38. The molecule has 1 saturated heterocycles. The maximum atomic E-state index is 12.3. The van der Waals surface area contributed by atoms with Crippen LogP contribution < -0.4 is 10.2 Å². The lowest BCUT2D eigenvalue weighted by atomic mass is 10.1. The second kappa shape index (κ2) is 7.01. The number of likely N-dealkylation sites (tertiary alicyclic amines) is 1. The average Bonchev–Trinajstić information content (AvgIpc) is 3.13. The number of benzene rings is 1. The van der Waals surface area contributed by atoms with E-state index < -0.39 is 0 Å². The van der Waals surface area contributed by atoms with E-state index in [1.807, 2.05) is 12.1 Å². The van der Waals surface area contributed by atoms with Crippen LogP contribution in [0.1, 0.15) is 31.7 Å². The monoisotopic (exact) mass is 379 g/mol. The highest BCUT2D eigenvalue weighted by molar-refractivity contribution is 9.10. The highest BCUT2D eigenvalue weighted by atomic mass is 79.9. The molecule has 0 spiro atoms. The van der Waals surface area contributed by atoms with Gasteiger partial charge in [0.2, 0.25) is 11.8 Å². The van der Waals surface area contributed by atoms with E-state index in [0.29, 0.717) is 13.0 Å². The summed E-state index contributed by atoms with van der Waals surface area (Å²) in [6, 6.07) is 3.91. The molecule has 5 nitrogen and oxygen atoms in total. The van der Waals surface area contributed by atoms with E-state index in [4.69, 9.17) is 0 Å². The largest absolute Gasteiger partial charge is 0.324 e. The fraction of sp³-hybridized carbons (Fsp3) is 0.529. The van der Waals surface area contributed by atoms with Gasteiger partial charge in [-0.15, -0.1) is 0 Å². The molecule has 1 fully saturated rings. The zero-order valence-electron chi connectivity index (χ0n) is 13.4. The molecular weight excluding hydrogens is 358 g/mol. The van der Waals surface area contributed by atoms with Crippen LogP contribution in [0.15, 0.2) is 16.6 Å². The molecule has 3 rings (SSSR count). The predicted octanol–water partition coefficient (Wildman–Crippen LogP) is 2.78. The van der Waals surface area contributed by atoms with Gasteiger partial charge in [0.05, 0.1) is 11.4 Å². The fourth-order valence-electron chi connectivity index (χ4n) is 3.40. The fourth-order valence-corrected chi connectivity index (χ4v) is 3.90. The predicted molar refractivity (Wildman–Crippen MR) is 94.8 cm³/mol. The summed E-state index contributed by atoms with van der Waals surface area (Å²) >= 11 is 3.49. The van der Waals surface area contributed by atoms with Crippen molar-refractivity contribution in [1.29, 1.82) is 0 Å². The van der Waals surface area contributed by atoms with E-state index in [-0.39, 0.29) is 11.8 Å². The maximum absolute atomic E-state index is 12.3. The van der Waals surface area contributed by atoms with Gasteiger partial charge in [-0.1, -0.05) is 15.9 Å². The van der Waals surface area contributed by atoms with Crippen molar-refractivity contribution in [3.05, 3.63) is 22.2 Å². The van der Waals surface area contributed by atoms with Crippen LogP contribution in [0.2, 0.25) is 0 Å². The van der Waals surface area contributed by atoms with Gasteiger partial charge in [0.15, 0.2) is 0 Å². The minimum absolute atomic E-state index is 0.00704. The van der Waals surface area contributed by atoms with Gasteiger partial charge in [0.1, 0.15) is 0 Å². The molecule has 2 heterocycles. The molecule has 2 amide bonds. The van der Waals surface area contributed by atoms with Crippen molar-refractivity contribution in [1.82, 2.24) is 4.90 Å². The van der Waals surface area contributed by atoms with Crippen LogP contribution >= 0.6 is 15.9 Å². The third kappa shape index (κ3) is 3.75. The van der Waals surface area contributed by atoms with E-state index in [9.17, 15) is 9.59 Å². The molecule has 1 aromatic rings. The minimum Gasteiger partial charge on any atom is -0.324 e. The molecule has 0 atom stereocenters. The first-order chi connectivity index (χ1) is 11.0. The third-order valence-electron chi connectivity index (χ3n) is 4.54. The molecule has 23 heavy (non-hydrogen) atoms. The molecule has 0 radical (unpaired) electrons. The van der Waals surface area contributed by atoms with Crippen LogP contribution in [0.25, 0.3) is 0 Å². The highest BCUT2D eigenvalue weighted by Gasteiger charge is 2.26. The summed E-state index contributed by atoms with van der Waals surface area (Å²) in [6.07, 6.45) is 3.77. The van der Waals surface area contributed by atoms with E-state index >= 15 is 0 Å². The van der Waals surface area contributed by atoms with Gasteiger partial charge in [0, 0.05) is 30.9 Å². The van der Waals surface area contributed by atoms with E-state index in [1.54, 1.807) is 11.8 Å². The Balaban J connectivity index is 1.72. The van der Waals surface area contributed by atoms with Gasteiger partial charge in [0.25, 0.3) is 0 Å². The first kappa shape index (κ1) is 16.5. The Hall–Kier alpha value is -1.40. The quantitative estimate of drug-likeness (QED) is 0.874. The molecule has 0 unspecified atom stereocenters. The van der Waals surface area contributed by atoms with E-state index in [1.165, 1.54) is 12.8 Å². The minimum atomic E-state index is 0.00704. The Morgan fingerprint density at radius 3 is 2.65 bits per heavy atom. The molecular formula is C17H22BrN3O2. The number of halogens is 1. The van der Waals surface area contributed by atoms with Crippen molar-refractivity contribution in [3.63, 3.8) is 0 Å². The van der Waals surface area contributed by atoms with Crippen molar-refractivity contribution >= 4 is 39.1 Å². The molecule has 2 aliphatic heterocycles. The zero-order chi connectivity index (χ0) is 16.4. The van der Waals surface area contributed by atoms with Gasteiger partial charge in [-0.2, -0.15) is 0 Å². The van der Waals surface area contributed by atoms with Crippen molar-refractivity contribution in [2.75, 3.05) is 36.4 Å². The van der Waals surface area contributed by atoms with Gasteiger partial charge in [-0.3, -0.25) is 9.59 Å². The topological polar surface area (TPSA) is 52.7 Å². The smallest absolute Gasteiger partial charge is 0.225 e. The second-order valence-electron chi connectivity index (χ2n) is 6.23. The van der Waals surface area contributed by atoms with Gasteiger partial charge in [-0.05, 0) is 50.0 Å². The second-order valence-corrected chi connectivity index (χ2v) is 7.14. The van der Waals surface area contributed by atoms with Crippen molar-refractivity contribution in [2.24, 2.45) is 0 Å². The number of carbonyl (C=O) groups is 2. The summed E-state index contributed by atoms with van der Waals surface area (Å²) in [7, 11) is 0. The third-order valence-corrected chi connectivity index (χ3v) is 4.99. The van der Waals surface area contributed by atoms with Crippen LogP contribution in [0.4, 0.5) is 11.4 Å². The Labute approximate surface area is 145 Å². The van der Waals surface area contributed by atoms with Gasteiger partial charge < -0.3 is 15.1 Å². The molecule has 1 N–H and O–H groups in total. The summed E-state index contributed by atoms with van der Waals surface area (Å²) < 4.78 is 0.927. The standard InChI is InChI=1S/C17H22BrN3O2/c1-12(22)21-9-4-13-10-14(18)11-15(17(13)21)19-16(23)5-8-20-6-2-3-7-20/h10-11H,2-9H2,1H3,(H,19,23).